The summed E-state index contributed by atoms with van der Waals surface area (Å²) in [5, 5.41) is 1.30. The first kappa shape index (κ1) is 8.99. The smallest absolute Gasteiger partial charge is 0.0497 e. The Balaban J connectivity index is 1.92. The van der Waals surface area contributed by atoms with Crippen molar-refractivity contribution >= 4 is 10.9 Å². The van der Waals surface area contributed by atoms with Crippen LogP contribution in [0.15, 0.2) is 36.5 Å². The summed E-state index contributed by atoms with van der Waals surface area (Å²) >= 11 is 0. The Kier molecular flexibility index (Phi) is 1.57. The van der Waals surface area contributed by atoms with Gasteiger partial charge in [0.15, 0.2) is 0 Å². The van der Waals surface area contributed by atoms with E-state index in [9.17, 15) is 0 Å². The molecule has 1 aromatic carbocycles. The van der Waals surface area contributed by atoms with Crippen LogP contribution in [0.4, 0.5) is 0 Å². The van der Waals surface area contributed by atoms with Crippen LogP contribution in [0.3, 0.4) is 0 Å². The number of H-pyrrole nitrogens is 1. The summed E-state index contributed by atoms with van der Waals surface area (Å²) in [6, 6.07) is 10.8. The minimum absolute atomic E-state index is 1.05. The fourth-order valence-corrected chi connectivity index (χ4v) is 2.38. The largest absolute Gasteiger partial charge is 0.354 e. The van der Waals surface area contributed by atoms with E-state index < -0.39 is 0 Å². The summed E-state index contributed by atoms with van der Waals surface area (Å²) in [5.41, 5.74) is 7.63. The van der Waals surface area contributed by atoms with E-state index in [1.807, 2.05) is 19.2 Å². The standard InChI is InChI=1S/C15H12N2/c1-9-2-3-12(8-16-9)14-7-11-5-4-10-6-13(10)15(11)17-14/h2-5,7-8,17H,6H2,1H3. The number of aryl methyl sites for hydroxylation is 1. The lowest BCUT2D eigenvalue weighted by atomic mass is 10.2. The minimum Gasteiger partial charge on any atom is -0.354 e. The van der Waals surface area contributed by atoms with Gasteiger partial charge in [0.1, 0.15) is 0 Å². The zero-order valence-corrected chi connectivity index (χ0v) is 9.62. The van der Waals surface area contributed by atoms with Crippen LogP contribution < -0.4 is 0 Å². The molecule has 1 aliphatic carbocycles. The highest BCUT2D eigenvalue weighted by molar-refractivity contribution is 5.92. The number of hydrogen-bond donors (Lipinski definition) is 1. The molecule has 17 heavy (non-hydrogen) atoms. The fourth-order valence-electron chi connectivity index (χ4n) is 2.38. The van der Waals surface area contributed by atoms with Crippen molar-refractivity contribution in [2.45, 2.75) is 13.3 Å². The van der Waals surface area contributed by atoms with Gasteiger partial charge in [0, 0.05) is 40.5 Å². The lowest BCUT2D eigenvalue weighted by molar-refractivity contribution is 1.20. The molecule has 2 nitrogen and oxygen atoms in total. The maximum Gasteiger partial charge on any atom is 0.0497 e. The van der Waals surface area contributed by atoms with Gasteiger partial charge in [-0.3, -0.25) is 4.98 Å². The third-order valence-corrected chi connectivity index (χ3v) is 3.47. The number of nitrogens with zero attached hydrogens (tertiary/aromatic N) is 1. The van der Waals surface area contributed by atoms with Crippen LogP contribution in [0.25, 0.3) is 22.2 Å². The average Bonchev–Trinajstić information content (AvgIpc) is 3.01. The van der Waals surface area contributed by atoms with Crippen LogP contribution in [0.1, 0.15) is 16.8 Å². The van der Waals surface area contributed by atoms with E-state index >= 15 is 0 Å². The van der Waals surface area contributed by atoms with Crippen molar-refractivity contribution in [2.75, 3.05) is 0 Å². The molecule has 0 atom stereocenters. The highest BCUT2D eigenvalue weighted by Gasteiger charge is 2.21. The van der Waals surface area contributed by atoms with E-state index in [0.717, 1.165) is 23.4 Å². The maximum absolute atomic E-state index is 4.34. The Morgan fingerprint density at radius 1 is 1.18 bits per heavy atom. The molecule has 2 aromatic heterocycles. The molecule has 2 heterocycles. The predicted molar refractivity (Wildman–Crippen MR) is 69.1 cm³/mol. The number of aromatic nitrogens is 2. The molecule has 0 amide bonds. The molecule has 0 spiro atoms. The van der Waals surface area contributed by atoms with Gasteiger partial charge in [-0.25, -0.2) is 0 Å². The van der Waals surface area contributed by atoms with Crippen molar-refractivity contribution in [1.82, 2.24) is 9.97 Å². The third-order valence-electron chi connectivity index (χ3n) is 3.47. The lowest BCUT2D eigenvalue weighted by Gasteiger charge is -1.97. The number of rotatable bonds is 1. The van der Waals surface area contributed by atoms with Crippen LogP contribution in [0, 0.1) is 6.92 Å². The Bertz CT molecular complexity index is 721. The molecular weight excluding hydrogens is 208 g/mol. The van der Waals surface area contributed by atoms with Gasteiger partial charge in [-0.05, 0) is 36.2 Å². The Labute approximate surface area is 99.3 Å². The van der Waals surface area contributed by atoms with Gasteiger partial charge in [-0.2, -0.15) is 0 Å². The van der Waals surface area contributed by atoms with Crippen molar-refractivity contribution in [3.63, 3.8) is 0 Å². The second kappa shape index (κ2) is 2.98. The van der Waals surface area contributed by atoms with Gasteiger partial charge in [0.2, 0.25) is 0 Å². The lowest BCUT2D eigenvalue weighted by Crippen LogP contribution is -1.82. The highest BCUT2D eigenvalue weighted by atomic mass is 14.7. The third kappa shape index (κ3) is 1.30. The van der Waals surface area contributed by atoms with Gasteiger partial charge >= 0.3 is 0 Å². The van der Waals surface area contributed by atoms with Crippen molar-refractivity contribution in [1.29, 1.82) is 0 Å². The van der Waals surface area contributed by atoms with Crippen molar-refractivity contribution < 1.29 is 0 Å². The topological polar surface area (TPSA) is 28.7 Å². The first-order chi connectivity index (χ1) is 8.31. The summed E-state index contributed by atoms with van der Waals surface area (Å²) in [4.78, 5) is 7.85. The molecule has 82 valence electrons. The predicted octanol–water partition coefficient (Wildman–Crippen LogP) is 3.44. The quantitative estimate of drug-likeness (QED) is 0.523. The van der Waals surface area contributed by atoms with Gasteiger partial charge in [-0.15, -0.1) is 0 Å². The van der Waals surface area contributed by atoms with Crippen LogP contribution >= 0.6 is 0 Å². The summed E-state index contributed by atoms with van der Waals surface area (Å²) in [6.45, 7) is 2.01. The second-order valence-electron chi connectivity index (χ2n) is 4.72. The maximum atomic E-state index is 4.34. The molecular formula is C15H12N2. The SMILES string of the molecule is Cc1ccc(-c2cc3ccc4c(c3[nH]2)C4)cn1. The van der Waals surface area contributed by atoms with Gasteiger partial charge in [0.05, 0.1) is 0 Å². The number of fused-ring (bicyclic) bond motifs is 3. The summed E-state index contributed by atoms with van der Waals surface area (Å²) in [7, 11) is 0. The van der Waals surface area contributed by atoms with Crippen molar-refractivity contribution in [2.24, 2.45) is 0 Å². The van der Waals surface area contributed by atoms with E-state index in [2.05, 4.69) is 34.2 Å². The van der Waals surface area contributed by atoms with Crippen molar-refractivity contribution in [3.05, 3.63) is 53.3 Å². The molecule has 0 saturated heterocycles. The Morgan fingerprint density at radius 2 is 2.12 bits per heavy atom. The molecule has 3 aromatic rings. The zero-order valence-electron chi connectivity index (χ0n) is 9.62. The summed E-state index contributed by atoms with van der Waals surface area (Å²) in [6.07, 6.45) is 3.08. The van der Waals surface area contributed by atoms with Gasteiger partial charge in [0.25, 0.3) is 0 Å². The molecule has 0 radical (unpaired) electrons. The van der Waals surface area contributed by atoms with E-state index in [0.29, 0.717) is 0 Å². The Hall–Kier alpha value is -2.09. The van der Waals surface area contributed by atoms with Gasteiger partial charge in [-0.1, -0.05) is 12.1 Å². The van der Waals surface area contributed by atoms with E-state index in [4.69, 9.17) is 0 Å². The normalized spacial score (nSPS) is 12.8. The zero-order chi connectivity index (χ0) is 11.4. The monoisotopic (exact) mass is 220 g/mol. The van der Waals surface area contributed by atoms with Gasteiger partial charge < -0.3 is 4.98 Å². The van der Waals surface area contributed by atoms with Crippen molar-refractivity contribution in [3.8, 4) is 11.3 Å². The van der Waals surface area contributed by atoms with Crippen LogP contribution in [0.2, 0.25) is 0 Å². The molecule has 1 N–H and O–H groups in total. The summed E-state index contributed by atoms with van der Waals surface area (Å²) < 4.78 is 0. The molecule has 4 rings (SSSR count). The molecule has 0 unspecified atom stereocenters. The van der Waals surface area contributed by atoms with E-state index in [1.54, 1.807) is 0 Å². The number of benzene rings is 1. The highest BCUT2D eigenvalue weighted by Crippen LogP contribution is 2.36. The average molecular weight is 220 g/mol. The number of pyridine rings is 1. The molecule has 0 fully saturated rings. The second-order valence-corrected chi connectivity index (χ2v) is 4.72. The molecule has 1 aliphatic rings. The minimum atomic E-state index is 1.05. The van der Waals surface area contributed by atoms with Crippen LogP contribution in [-0.4, -0.2) is 9.97 Å². The first-order valence-corrected chi connectivity index (χ1v) is 5.88. The van der Waals surface area contributed by atoms with E-state index in [1.165, 1.54) is 22.0 Å². The molecule has 0 saturated carbocycles. The summed E-state index contributed by atoms with van der Waals surface area (Å²) in [5.74, 6) is 0. The van der Waals surface area contributed by atoms with Crippen LogP contribution in [0.5, 0.6) is 0 Å². The number of aromatic amines is 1. The molecule has 2 heteroatoms. The number of nitrogens with one attached hydrogen (secondary N) is 1. The molecule has 0 bridgehead atoms. The molecule has 0 aliphatic heterocycles. The first-order valence-electron chi connectivity index (χ1n) is 5.88. The van der Waals surface area contributed by atoms with Crippen LogP contribution in [-0.2, 0) is 6.42 Å². The number of hydrogen-bond acceptors (Lipinski definition) is 1. The van der Waals surface area contributed by atoms with E-state index in [-0.39, 0.29) is 0 Å². The fraction of sp³-hybridized carbons (Fsp3) is 0.133. The Morgan fingerprint density at radius 3 is 2.94 bits per heavy atom.